The minimum atomic E-state index is 0.122. The largest absolute Gasteiger partial charge is 0.507 e. The minimum absolute atomic E-state index is 0.122. The molecule has 3 aliphatic rings. The number of benzene rings is 2. The number of aromatic hydroxyl groups is 1. The Morgan fingerprint density at radius 2 is 2.00 bits per heavy atom. The van der Waals surface area contributed by atoms with E-state index in [4.69, 9.17) is 4.74 Å². The molecule has 3 aromatic rings. The molecule has 2 fully saturated rings. The number of aryl methyl sites for hydroxylation is 1. The van der Waals surface area contributed by atoms with E-state index >= 15 is 0 Å². The van der Waals surface area contributed by atoms with Crippen LogP contribution < -0.4 is 10.1 Å². The molecule has 1 spiro atoms. The average Bonchev–Trinajstić information content (AvgIpc) is 3.04. The van der Waals surface area contributed by atoms with Gasteiger partial charge in [-0.2, -0.15) is 0 Å². The van der Waals surface area contributed by atoms with Gasteiger partial charge in [0.15, 0.2) is 0 Å². The van der Waals surface area contributed by atoms with E-state index < -0.39 is 0 Å². The summed E-state index contributed by atoms with van der Waals surface area (Å²) in [5.74, 6) is 1.39. The quantitative estimate of drug-likeness (QED) is 0.432. The number of fused-ring (bicyclic) bond motifs is 2. The summed E-state index contributed by atoms with van der Waals surface area (Å²) in [5, 5.41) is 14.9. The summed E-state index contributed by atoms with van der Waals surface area (Å²) in [6.07, 6.45) is 11.0. The number of ether oxygens (including phenoxy) is 1. The Hall–Kier alpha value is -2.72. The SMILES string of the molecule is Cc1cc(/C=C/c2cc(O)c3cc[nH]c3c2)cc2c1OC1CCCC3(C)N[C@]13C2. The fraction of sp³-hybridized carbons (Fsp3) is 0.360. The first-order valence-electron chi connectivity index (χ1n) is 10.6. The van der Waals surface area contributed by atoms with Crippen molar-refractivity contribution in [2.75, 3.05) is 0 Å². The van der Waals surface area contributed by atoms with Crippen LogP contribution in [-0.4, -0.2) is 27.3 Å². The molecule has 4 nitrogen and oxygen atoms in total. The number of rotatable bonds is 2. The molecule has 148 valence electrons. The molecule has 2 aromatic carbocycles. The van der Waals surface area contributed by atoms with Gasteiger partial charge in [-0.15, -0.1) is 0 Å². The van der Waals surface area contributed by atoms with E-state index in [0.29, 0.717) is 11.9 Å². The van der Waals surface area contributed by atoms with Gasteiger partial charge in [0, 0.05) is 22.6 Å². The number of hydrogen-bond donors (Lipinski definition) is 3. The number of phenolic OH excluding ortho intramolecular Hbond substituents is 1. The van der Waals surface area contributed by atoms with Crippen LogP contribution in [-0.2, 0) is 6.42 Å². The van der Waals surface area contributed by atoms with E-state index in [-0.39, 0.29) is 11.1 Å². The van der Waals surface area contributed by atoms with Gasteiger partial charge in [0.25, 0.3) is 0 Å². The second-order valence-electron chi connectivity index (χ2n) is 9.24. The molecule has 3 atom stereocenters. The van der Waals surface area contributed by atoms with Crippen molar-refractivity contribution in [2.24, 2.45) is 0 Å². The van der Waals surface area contributed by atoms with Crippen molar-refractivity contribution in [2.45, 2.75) is 56.7 Å². The number of nitrogens with one attached hydrogen (secondary N) is 2. The van der Waals surface area contributed by atoms with Gasteiger partial charge in [-0.05, 0) is 92.1 Å². The number of phenols is 1. The van der Waals surface area contributed by atoms with Crippen LogP contribution in [0.15, 0.2) is 36.5 Å². The van der Waals surface area contributed by atoms with Crippen LogP contribution in [0.3, 0.4) is 0 Å². The second kappa shape index (κ2) is 5.67. The van der Waals surface area contributed by atoms with Crippen molar-refractivity contribution in [1.82, 2.24) is 10.3 Å². The highest BCUT2D eigenvalue weighted by Gasteiger charge is 2.70. The highest BCUT2D eigenvalue weighted by atomic mass is 16.5. The van der Waals surface area contributed by atoms with Crippen LogP contribution in [0.4, 0.5) is 0 Å². The van der Waals surface area contributed by atoms with E-state index in [9.17, 15) is 5.11 Å². The predicted octanol–water partition coefficient (Wildman–Crippen LogP) is 4.94. The number of hydrogen-bond acceptors (Lipinski definition) is 3. The summed E-state index contributed by atoms with van der Waals surface area (Å²) in [6.45, 7) is 4.50. The third-order valence-corrected chi connectivity index (χ3v) is 7.35. The van der Waals surface area contributed by atoms with Crippen molar-refractivity contribution >= 4 is 23.1 Å². The number of aromatic amines is 1. The average molecular weight is 386 g/mol. The second-order valence-corrected chi connectivity index (χ2v) is 9.24. The molecule has 3 heterocycles. The van der Waals surface area contributed by atoms with Crippen LogP contribution in [0.5, 0.6) is 11.5 Å². The summed E-state index contributed by atoms with van der Waals surface area (Å²) in [4.78, 5) is 3.17. The molecule has 2 unspecified atom stereocenters. The molecule has 1 aliphatic carbocycles. The molecule has 1 saturated carbocycles. The number of aromatic nitrogens is 1. The van der Waals surface area contributed by atoms with E-state index in [1.807, 2.05) is 18.3 Å². The Morgan fingerprint density at radius 3 is 2.86 bits per heavy atom. The van der Waals surface area contributed by atoms with Gasteiger partial charge in [0.1, 0.15) is 17.6 Å². The molecule has 29 heavy (non-hydrogen) atoms. The fourth-order valence-electron chi connectivity index (χ4n) is 5.76. The first-order chi connectivity index (χ1) is 14.0. The molecular formula is C25H26N2O2. The minimum Gasteiger partial charge on any atom is -0.507 e. The van der Waals surface area contributed by atoms with E-state index in [1.54, 1.807) is 0 Å². The zero-order chi connectivity index (χ0) is 19.8. The zero-order valence-corrected chi connectivity index (χ0v) is 16.9. The summed E-state index contributed by atoms with van der Waals surface area (Å²) >= 11 is 0. The van der Waals surface area contributed by atoms with E-state index in [1.165, 1.54) is 29.5 Å². The maximum Gasteiger partial charge on any atom is 0.126 e. The van der Waals surface area contributed by atoms with Gasteiger partial charge < -0.3 is 14.8 Å². The first kappa shape index (κ1) is 17.2. The van der Waals surface area contributed by atoms with E-state index in [0.717, 1.165) is 35.1 Å². The molecule has 0 radical (unpaired) electrons. The topological polar surface area (TPSA) is 67.2 Å². The molecule has 2 aliphatic heterocycles. The maximum atomic E-state index is 10.2. The van der Waals surface area contributed by atoms with Crippen molar-refractivity contribution in [3.8, 4) is 11.5 Å². The smallest absolute Gasteiger partial charge is 0.126 e. The van der Waals surface area contributed by atoms with Crippen LogP contribution in [0.25, 0.3) is 23.1 Å². The van der Waals surface area contributed by atoms with Crippen LogP contribution in [0, 0.1) is 6.92 Å². The standard InChI is InChI=1S/C25H26N2O2/c1-15-10-16(5-6-17-12-20-19(7-9-26-20)21(28)13-17)11-18-14-25-22(29-23(15)18)4-3-8-24(25,2)27-25/h5-7,9-13,22,26-28H,3-4,8,14H2,1-2H3/b6-5+/t22?,24?,25-/m1/s1. The third-order valence-electron chi connectivity index (χ3n) is 7.35. The molecule has 3 N–H and O–H groups in total. The Morgan fingerprint density at radius 1 is 1.17 bits per heavy atom. The van der Waals surface area contributed by atoms with Gasteiger partial charge in [-0.1, -0.05) is 12.2 Å². The lowest BCUT2D eigenvalue weighted by molar-refractivity contribution is 0.0946. The Labute approximate surface area is 170 Å². The van der Waals surface area contributed by atoms with Gasteiger partial charge in [0.05, 0.1) is 5.54 Å². The van der Waals surface area contributed by atoms with Gasteiger partial charge in [0.2, 0.25) is 0 Å². The summed E-state index contributed by atoms with van der Waals surface area (Å²) in [6, 6.07) is 10.2. The van der Waals surface area contributed by atoms with Gasteiger partial charge >= 0.3 is 0 Å². The highest BCUT2D eigenvalue weighted by Crippen LogP contribution is 2.56. The van der Waals surface area contributed by atoms with Crippen LogP contribution in [0.1, 0.15) is 48.4 Å². The molecule has 0 bridgehead atoms. The lowest BCUT2D eigenvalue weighted by atomic mass is 9.73. The van der Waals surface area contributed by atoms with Crippen molar-refractivity contribution < 1.29 is 9.84 Å². The third kappa shape index (κ3) is 2.42. The first-order valence-corrected chi connectivity index (χ1v) is 10.6. The van der Waals surface area contributed by atoms with Gasteiger partial charge in [-0.25, -0.2) is 0 Å². The maximum absolute atomic E-state index is 10.2. The van der Waals surface area contributed by atoms with Crippen LogP contribution in [0.2, 0.25) is 0 Å². The zero-order valence-electron chi connectivity index (χ0n) is 16.9. The molecular weight excluding hydrogens is 360 g/mol. The molecule has 0 amide bonds. The Kier molecular flexibility index (Phi) is 3.35. The molecule has 1 saturated heterocycles. The molecule has 6 rings (SSSR count). The molecule has 1 aromatic heterocycles. The summed E-state index contributed by atoms with van der Waals surface area (Å²) < 4.78 is 6.53. The van der Waals surface area contributed by atoms with Crippen LogP contribution >= 0.6 is 0 Å². The predicted molar refractivity (Wildman–Crippen MR) is 116 cm³/mol. The lowest BCUT2D eigenvalue weighted by Crippen LogP contribution is -2.48. The Bertz CT molecular complexity index is 1180. The van der Waals surface area contributed by atoms with Crippen molar-refractivity contribution in [1.29, 1.82) is 0 Å². The Balaban J connectivity index is 1.34. The fourth-order valence-corrected chi connectivity index (χ4v) is 5.76. The monoisotopic (exact) mass is 386 g/mol. The number of H-pyrrole nitrogens is 1. The van der Waals surface area contributed by atoms with Gasteiger partial charge in [-0.3, -0.25) is 5.32 Å². The summed E-state index contributed by atoms with van der Waals surface area (Å²) in [5.41, 5.74) is 5.96. The van der Waals surface area contributed by atoms with E-state index in [2.05, 4.69) is 54.5 Å². The molecule has 4 heteroatoms. The lowest BCUT2D eigenvalue weighted by Gasteiger charge is -2.39. The van der Waals surface area contributed by atoms with Crippen molar-refractivity contribution in [3.05, 3.63) is 58.8 Å². The van der Waals surface area contributed by atoms with Crippen molar-refractivity contribution in [3.63, 3.8) is 0 Å². The normalized spacial score (nSPS) is 29.9. The highest BCUT2D eigenvalue weighted by molar-refractivity contribution is 5.89. The summed E-state index contributed by atoms with van der Waals surface area (Å²) in [7, 11) is 0.